The normalized spacial score (nSPS) is 16.1. The Balaban J connectivity index is 1.48. The maximum Gasteiger partial charge on any atom is 0.254 e. The first-order valence-corrected chi connectivity index (χ1v) is 8.90. The van der Waals surface area contributed by atoms with Crippen LogP contribution in [0.1, 0.15) is 34.6 Å². The summed E-state index contributed by atoms with van der Waals surface area (Å²) in [6.45, 7) is 3.46. The summed E-state index contributed by atoms with van der Waals surface area (Å²) in [6, 6.07) is 17.5. The van der Waals surface area contributed by atoms with Gasteiger partial charge in [-0.3, -0.25) is 9.48 Å². The molecule has 0 aliphatic carbocycles. The summed E-state index contributed by atoms with van der Waals surface area (Å²) >= 11 is 0. The number of carbonyl (C=O) groups excluding carboxylic acids is 1. The molecule has 0 radical (unpaired) electrons. The van der Waals surface area contributed by atoms with E-state index in [1.165, 1.54) is 24.3 Å². The second-order valence-electron chi connectivity index (χ2n) is 6.73. The number of aromatic nitrogens is 2. The monoisotopic (exact) mass is 365 g/mol. The Kier molecular flexibility index (Phi) is 4.62. The number of halogens is 1. The van der Waals surface area contributed by atoms with Crippen LogP contribution in [0.4, 0.5) is 4.39 Å². The van der Waals surface area contributed by atoms with Crippen LogP contribution in [0.25, 0.3) is 0 Å². The molecule has 5 nitrogen and oxygen atoms in total. The zero-order valence-electron chi connectivity index (χ0n) is 15.0. The smallest absolute Gasteiger partial charge is 0.254 e. The number of fused-ring (bicyclic) bond motifs is 1. The van der Waals surface area contributed by atoms with E-state index in [0.717, 1.165) is 11.3 Å². The lowest BCUT2D eigenvalue weighted by Gasteiger charge is -2.32. The fraction of sp³-hybridized carbons (Fsp3) is 0.238. The van der Waals surface area contributed by atoms with Gasteiger partial charge in [0.1, 0.15) is 12.4 Å². The fourth-order valence-corrected chi connectivity index (χ4v) is 3.30. The van der Waals surface area contributed by atoms with E-state index in [-0.39, 0.29) is 17.8 Å². The van der Waals surface area contributed by atoms with Crippen molar-refractivity contribution in [1.82, 2.24) is 14.7 Å². The second-order valence-corrected chi connectivity index (χ2v) is 6.73. The molecule has 1 unspecified atom stereocenters. The van der Waals surface area contributed by atoms with Gasteiger partial charge in [0.25, 0.3) is 5.91 Å². The Morgan fingerprint density at radius 1 is 1.19 bits per heavy atom. The van der Waals surface area contributed by atoms with Gasteiger partial charge < -0.3 is 9.64 Å². The number of hydrogen-bond donors (Lipinski definition) is 0. The van der Waals surface area contributed by atoms with Gasteiger partial charge in [0.15, 0.2) is 0 Å². The lowest BCUT2D eigenvalue weighted by Crippen LogP contribution is -2.40. The highest BCUT2D eigenvalue weighted by Crippen LogP contribution is 2.26. The molecule has 1 atom stereocenters. The summed E-state index contributed by atoms with van der Waals surface area (Å²) in [7, 11) is 0. The Labute approximate surface area is 157 Å². The number of ether oxygens (including phenoxy) is 1. The van der Waals surface area contributed by atoms with Gasteiger partial charge in [-0.25, -0.2) is 4.39 Å². The molecule has 1 amide bonds. The van der Waals surface area contributed by atoms with Gasteiger partial charge in [-0.05, 0) is 36.8 Å². The molecule has 27 heavy (non-hydrogen) atoms. The van der Waals surface area contributed by atoms with Crippen LogP contribution in [-0.4, -0.2) is 27.1 Å². The van der Waals surface area contributed by atoms with E-state index in [2.05, 4.69) is 5.10 Å². The number of hydrogen-bond acceptors (Lipinski definition) is 3. The predicted octanol–water partition coefficient (Wildman–Crippen LogP) is 3.82. The first-order chi connectivity index (χ1) is 13.1. The van der Waals surface area contributed by atoms with Crippen molar-refractivity contribution in [3.05, 3.63) is 83.3 Å². The minimum absolute atomic E-state index is 0.0345. The van der Waals surface area contributed by atoms with E-state index in [1.54, 1.807) is 4.90 Å². The lowest BCUT2D eigenvalue weighted by atomic mass is 10.1. The largest absolute Gasteiger partial charge is 0.472 e. The zero-order chi connectivity index (χ0) is 18.8. The van der Waals surface area contributed by atoms with Crippen molar-refractivity contribution in [1.29, 1.82) is 0 Å². The van der Waals surface area contributed by atoms with Gasteiger partial charge in [-0.1, -0.05) is 30.3 Å². The highest BCUT2D eigenvalue weighted by Gasteiger charge is 2.28. The van der Waals surface area contributed by atoms with Crippen molar-refractivity contribution in [2.45, 2.75) is 26.1 Å². The first kappa shape index (κ1) is 17.3. The highest BCUT2D eigenvalue weighted by molar-refractivity contribution is 5.94. The van der Waals surface area contributed by atoms with E-state index in [9.17, 15) is 9.18 Å². The van der Waals surface area contributed by atoms with Gasteiger partial charge in [0.05, 0.1) is 18.3 Å². The van der Waals surface area contributed by atoms with Crippen LogP contribution < -0.4 is 4.74 Å². The van der Waals surface area contributed by atoms with E-state index in [0.29, 0.717) is 31.1 Å². The lowest BCUT2D eigenvalue weighted by molar-refractivity contribution is 0.0677. The topological polar surface area (TPSA) is 47.4 Å². The zero-order valence-corrected chi connectivity index (χ0v) is 15.0. The predicted molar refractivity (Wildman–Crippen MR) is 98.9 cm³/mol. The summed E-state index contributed by atoms with van der Waals surface area (Å²) in [6.07, 6.45) is 0. The number of nitrogens with zero attached hydrogens (tertiary/aromatic N) is 3. The maximum absolute atomic E-state index is 13.1. The molecule has 0 fully saturated rings. The van der Waals surface area contributed by atoms with E-state index >= 15 is 0 Å². The summed E-state index contributed by atoms with van der Waals surface area (Å²) in [4.78, 5) is 14.5. The van der Waals surface area contributed by atoms with Crippen molar-refractivity contribution in [3.8, 4) is 5.88 Å². The van der Waals surface area contributed by atoms with Crippen molar-refractivity contribution in [2.24, 2.45) is 0 Å². The van der Waals surface area contributed by atoms with Crippen LogP contribution in [0, 0.1) is 5.82 Å². The van der Waals surface area contributed by atoms with Gasteiger partial charge in [-0.2, -0.15) is 0 Å². The molecule has 0 spiro atoms. The average molecular weight is 365 g/mol. The van der Waals surface area contributed by atoms with Crippen molar-refractivity contribution in [2.75, 3.05) is 6.54 Å². The molecular weight excluding hydrogens is 345 g/mol. The van der Waals surface area contributed by atoms with Gasteiger partial charge in [0.2, 0.25) is 5.88 Å². The molecule has 2 aromatic carbocycles. The summed E-state index contributed by atoms with van der Waals surface area (Å²) in [5, 5.41) is 4.53. The number of amides is 1. The van der Waals surface area contributed by atoms with Crippen LogP contribution in [0.3, 0.4) is 0 Å². The van der Waals surface area contributed by atoms with Gasteiger partial charge >= 0.3 is 0 Å². The molecule has 1 aliphatic heterocycles. The molecular formula is C21H20FN3O2. The summed E-state index contributed by atoms with van der Waals surface area (Å²) in [5.41, 5.74) is 2.48. The SMILES string of the molecule is CC1CN(C(=O)c2ccc(F)cc2)Cc2cc(OCc3ccccc3)nn21. The van der Waals surface area contributed by atoms with Crippen molar-refractivity contribution in [3.63, 3.8) is 0 Å². The molecule has 0 saturated heterocycles. The highest BCUT2D eigenvalue weighted by atomic mass is 19.1. The molecule has 2 heterocycles. The second kappa shape index (κ2) is 7.23. The Hall–Kier alpha value is -3.15. The molecule has 0 saturated carbocycles. The molecule has 1 aromatic heterocycles. The molecule has 4 rings (SSSR count). The fourth-order valence-electron chi connectivity index (χ4n) is 3.30. The van der Waals surface area contributed by atoms with Crippen molar-refractivity contribution < 1.29 is 13.9 Å². The van der Waals surface area contributed by atoms with E-state index < -0.39 is 0 Å². The first-order valence-electron chi connectivity index (χ1n) is 8.90. The van der Waals surface area contributed by atoms with E-state index in [1.807, 2.05) is 48.0 Å². The molecule has 0 bridgehead atoms. The minimum atomic E-state index is -0.350. The number of carbonyl (C=O) groups is 1. The Bertz CT molecular complexity index is 938. The van der Waals surface area contributed by atoms with Crippen LogP contribution >= 0.6 is 0 Å². The quantitative estimate of drug-likeness (QED) is 0.706. The third kappa shape index (κ3) is 3.69. The van der Waals surface area contributed by atoms with Crippen LogP contribution in [0.15, 0.2) is 60.7 Å². The minimum Gasteiger partial charge on any atom is -0.472 e. The molecule has 3 aromatic rings. The Morgan fingerprint density at radius 2 is 1.93 bits per heavy atom. The van der Waals surface area contributed by atoms with Crippen LogP contribution in [-0.2, 0) is 13.2 Å². The maximum atomic E-state index is 13.1. The third-order valence-corrected chi connectivity index (χ3v) is 4.65. The number of rotatable bonds is 4. The Morgan fingerprint density at radius 3 is 2.67 bits per heavy atom. The molecule has 6 heteroatoms. The van der Waals surface area contributed by atoms with Crippen LogP contribution in [0.5, 0.6) is 5.88 Å². The third-order valence-electron chi connectivity index (χ3n) is 4.65. The van der Waals surface area contributed by atoms with Gasteiger partial charge in [0, 0.05) is 18.2 Å². The van der Waals surface area contributed by atoms with E-state index in [4.69, 9.17) is 4.74 Å². The average Bonchev–Trinajstić information content (AvgIpc) is 3.11. The van der Waals surface area contributed by atoms with Crippen molar-refractivity contribution >= 4 is 5.91 Å². The summed E-state index contributed by atoms with van der Waals surface area (Å²) in [5.74, 6) is 0.0923. The molecule has 1 aliphatic rings. The summed E-state index contributed by atoms with van der Waals surface area (Å²) < 4.78 is 20.8. The molecule has 138 valence electrons. The van der Waals surface area contributed by atoms with Crippen LogP contribution in [0.2, 0.25) is 0 Å². The molecule has 0 N–H and O–H groups in total. The van der Waals surface area contributed by atoms with Gasteiger partial charge in [-0.15, -0.1) is 5.10 Å². The standard InChI is InChI=1S/C21H20FN3O2/c1-15-12-24(21(26)17-7-9-18(22)10-8-17)13-19-11-20(23-25(15)19)27-14-16-5-3-2-4-6-16/h2-11,15H,12-14H2,1H3. The number of benzene rings is 2.